The summed E-state index contributed by atoms with van der Waals surface area (Å²) >= 11 is 0. The lowest BCUT2D eigenvalue weighted by Gasteiger charge is -2.03. The summed E-state index contributed by atoms with van der Waals surface area (Å²) in [6.07, 6.45) is 17.3. The van der Waals surface area contributed by atoms with Gasteiger partial charge in [-0.2, -0.15) is 0 Å². The molecule has 0 amide bonds. The molecule has 0 heteroatoms. The van der Waals surface area contributed by atoms with Crippen LogP contribution in [0.15, 0.2) is 23.8 Å². The zero-order chi connectivity index (χ0) is 9.36. The average molecular weight is 177 g/mol. The molecular weight excluding hydrogens is 156 g/mol. The van der Waals surface area contributed by atoms with E-state index in [1.54, 1.807) is 0 Å². The molecule has 73 valence electrons. The first-order valence-corrected chi connectivity index (χ1v) is 5.57. The van der Waals surface area contributed by atoms with Crippen LogP contribution in [0.5, 0.6) is 0 Å². The zero-order valence-electron chi connectivity index (χ0n) is 8.60. The minimum Gasteiger partial charge on any atom is -0.0845 e. The van der Waals surface area contributed by atoms with Gasteiger partial charge < -0.3 is 0 Å². The van der Waals surface area contributed by atoms with Gasteiger partial charge in [0.25, 0.3) is 0 Å². The van der Waals surface area contributed by atoms with E-state index in [2.05, 4.69) is 25.2 Å². The molecular formula is C13H21. The summed E-state index contributed by atoms with van der Waals surface area (Å²) in [5.41, 5.74) is 1.29. The van der Waals surface area contributed by atoms with Crippen LogP contribution < -0.4 is 0 Å². The van der Waals surface area contributed by atoms with Crippen molar-refractivity contribution in [1.29, 1.82) is 0 Å². The second-order valence-electron chi connectivity index (χ2n) is 3.91. The molecule has 1 aliphatic rings. The third-order valence-electron chi connectivity index (χ3n) is 2.59. The molecule has 1 radical (unpaired) electrons. The minimum atomic E-state index is 1.18. The van der Waals surface area contributed by atoms with Gasteiger partial charge in [0.2, 0.25) is 0 Å². The SMILES string of the molecule is [CH2]/C1=C/C=C/CCCCCCCC1. The van der Waals surface area contributed by atoms with E-state index in [1.807, 2.05) is 0 Å². The topological polar surface area (TPSA) is 0 Å². The van der Waals surface area contributed by atoms with Crippen molar-refractivity contribution >= 4 is 0 Å². The van der Waals surface area contributed by atoms with Gasteiger partial charge in [0, 0.05) is 0 Å². The van der Waals surface area contributed by atoms with Crippen LogP contribution >= 0.6 is 0 Å². The second kappa shape index (κ2) is 6.94. The van der Waals surface area contributed by atoms with Gasteiger partial charge in [-0.15, -0.1) is 0 Å². The van der Waals surface area contributed by atoms with Crippen LogP contribution in [0.3, 0.4) is 0 Å². The lowest BCUT2D eigenvalue weighted by atomic mass is 10.0. The molecule has 0 nitrogen and oxygen atoms in total. The lowest BCUT2D eigenvalue weighted by molar-refractivity contribution is 0.596. The maximum Gasteiger partial charge on any atom is -0.0280 e. The molecule has 0 spiro atoms. The lowest BCUT2D eigenvalue weighted by Crippen LogP contribution is -1.83. The Kier molecular flexibility index (Phi) is 5.64. The normalized spacial score (nSPS) is 27.9. The van der Waals surface area contributed by atoms with Crippen molar-refractivity contribution in [3.8, 4) is 0 Å². The molecule has 0 saturated carbocycles. The third kappa shape index (κ3) is 5.68. The quantitative estimate of drug-likeness (QED) is 0.513. The Labute approximate surface area is 82.7 Å². The fourth-order valence-electron chi connectivity index (χ4n) is 1.71. The van der Waals surface area contributed by atoms with Crippen LogP contribution in [0.2, 0.25) is 0 Å². The second-order valence-corrected chi connectivity index (χ2v) is 3.91. The van der Waals surface area contributed by atoms with E-state index < -0.39 is 0 Å². The van der Waals surface area contributed by atoms with E-state index in [1.165, 1.54) is 56.9 Å². The molecule has 0 aromatic carbocycles. The van der Waals surface area contributed by atoms with Gasteiger partial charge in [-0.3, -0.25) is 0 Å². The summed E-state index contributed by atoms with van der Waals surface area (Å²) in [6, 6.07) is 0. The summed E-state index contributed by atoms with van der Waals surface area (Å²) in [6.45, 7) is 4.04. The van der Waals surface area contributed by atoms with E-state index in [-0.39, 0.29) is 0 Å². The molecule has 0 atom stereocenters. The first-order chi connectivity index (χ1) is 6.39. The minimum absolute atomic E-state index is 1.18. The van der Waals surface area contributed by atoms with Crippen molar-refractivity contribution in [1.82, 2.24) is 0 Å². The van der Waals surface area contributed by atoms with Gasteiger partial charge in [-0.25, -0.2) is 0 Å². The highest BCUT2D eigenvalue weighted by Gasteiger charge is 1.93. The maximum atomic E-state index is 4.04. The van der Waals surface area contributed by atoms with Crippen LogP contribution in [0, 0.1) is 6.92 Å². The Balaban J connectivity index is 2.34. The Morgan fingerprint density at radius 2 is 1.62 bits per heavy atom. The van der Waals surface area contributed by atoms with E-state index in [0.717, 1.165) is 0 Å². The number of allylic oxidation sites excluding steroid dienone is 4. The highest BCUT2D eigenvalue weighted by atomic mass is 14.0. The Hall–Kier alpha value is -0.520. The number of hydrogen-bond acceptors (Lipinski definition) is 0. The van der Waals surface area contributed by atoms with Gasteiger partial charge in [-0.1, -0.05) is 49.5 Å². The molecule has 0 fully saturated rings. The van der Waals surface area contributed by atoms with Crippen molar-refractivity contribution in [2.24, 2.45) is 0 Å². The van der Waals surface area contributed by atoms with E-state index in [0.29, 0.717) is 0 Å². The van der Waals surface area contributed by atoms with Crippen LogP contribution in [0.1, 0.15) is 51.4 Å². The summed E-state index contributed by atoms with van der Waals surface area (Å²) in [5.74, 6) is 0. The monoisotopic (exact) mass is 177 g/mol. The standard InChI is InChI=1S/C13H21/c1-13-11-9-7-5-3-2-4-6-8-10-12-13/h7,9,11H,1-6,8,10,12H2/b9-7+,13-11-. The predicted octanol–water partition coefficient (Wildman–Crippen LogP) is 4.44. The Morgan fingerprint density at radius 1 is 0.923 bits per heavy atom. The van der Waals surface area contributed by atoms with E-state index >= 15 is 0 Å². The molecule has 0 aliphatic heterocycles. The number of hydrogen-bond donors (Lipinski definition) is 0. The summed E-state index contributed by atoms with van der Waals surface area (Å²) < 4.78 is 0. The zero-order valence-corrected chi connectivity index (χ0v) is 8.60. The molecule has 1 aliphatic carbocycles. The average Bonchev–Trinajstić information content (AvgIpc) is 2.11. The fourth-order valence-corrected chi connectivity index (χ4v) is 1.71. The van der Waals surface area contributed by atoms with E-state index in [9.17, 15) is 0 Å². The highest BCUT2D eigenvalue weighted by molar-refractivity contribution is 5.14. The van der Waals surface area contributed by atoms with Gasteiger partial charge in [0.15, 0.2) is 0 Å². The van der Waals surface area contributed by atoms with Gasteiger partial charge in [0.05, 0.1) is 0 Å². The van der Waals surface area contributed by atoms with E-state index in [4.69, 9.17) is 0 Å². The smallest absolute Gasteiger partial charge is 0.0280 e. The van der Waals surface area contributed by atoms with Crippen molar-refractivity contribution in [3.05, 3.63) is 30.7 Å². The largest absolute Gasteiger partial charge is 0.0845 e. The molecule has 0 saturated heterocycles. The van der Waals surface area contributed by atoms with Crippen LogP contribution in [-0.4, -0.2) is 0 Å². The van der Waals surface area contributed by atoms with Crippen LogP contribution in [-0.2, 0) is 0 Å². The molecule has 0 unspecified atom stereocenters. The maximum absolute atomic E-state index is 4.04. The Morgan fingerprint density at radius 3 is 2.46 bits per heavy atom. The summed E-state index contributed by atoms with van der Waals surface area (Å²) in [5, 5.41) is 0. The molecule has 13 heavy (non-hydrogen) atoms. The Bertz CT molecular complexity index is 174. The first kappa shape index (κ1) is 10.6. The predicted molar refractivity (Wildman–Crippen MR) is 59.5 cm³/mol. The van der Waals surface area contributed by atoms with Crippen molar-refractivity contribution in [3.63, 3.8) is 0 Å². The summed E-state index contributed by atoms with van der Waals surface area (Å²) in [7, 11) is 0. The van der Waals surface area contributed by atoms with Crippen molar-refractivity contribution in [2.45, 2.75) is 51.4 Å². The van der Waals surface area contributed by atoms with Crippen molar-refractivity contribution in [2.75, 3.05) is 0 Å². The van der Waals surface area contributed by atoms with Crippen LogP contribution in [0.25, 0.3) is 0 Å². The highest BCUT2D eigenvalue weighted by Crippen LogP contribution is 2.13. The molecule has 0 aromatic heterocycles. The third-order valence-corrected chi connectivity index (χ3v) is 2.59. The molecule has 0 bridgehead atoms. The molecule has 0 heterocycles. The van der Waals surface area contributed by atoms with Gasteiger partial charge in [0.1, 0.15) is 0 Å². The van der Waals surface area contributed by atoms with Gasteiger partial charge >= 0.3 is 0 Å². The van der Waals surface area contributed by atoms with Crippen molar-refractivity contribution < 1.29 is 0 Å². The number of rotatable bonds is 0. The molecule has 0 aromatic rings. The summed E-state index contributed by atoms with van der Waals surface area (Å²) in [4.78, 5) is 0. The van der Waals surface area contributed by atoms with Crippen LogP contribution in [0.4, 0.5) is 0 Å². The fraction of sp³-hybridized carbons (Fsp3) is 0.615. The molecule has 0 N–H and O–H groups in total. The van der Waals surface area contributed by atoms with Gasteiger partial charge in [-0.05, 0) is 32.6 Å². The first-order valence-electron chi connectivity index (χ1n) is 5.57. The molecule has 1 rings (SSSR count).